The van der Waals surface area contributed by atoms with E-state index in [-0.39, 0.29) is 6.04 Å². The van der Waals surface area contributed by atoms with E-state index in [4.69, 9.17) is 4.74 Å². The van der Waals surface area contributed by atoms with Crippen LogP contribution in [-0.4, -0.2) is 22.8 Å². The smallest absolute Gasteiger partial charge is 0.173 e. The van der Waals surface area contributed by atoms with Crippen molar-refractivity contribution in [3.8, 4) is 5.75 Å². The first-order valence-corrected chi connectivity index (χ1v) is 6.59. The van der Waals surface area contributed by atoms with Gasteiger partial charge in [-0.2, -0.15) is 0 Å². The Hall–Kier alpha value is -2.23. The molecule has 0 aliphatic heterocycles. The number of hydrogen-bond acceptors (Lipinski definition) is 4. The molecule has 4 heteroatoms. The topological polar surface area (TPSA) is 47.4 Å². The standard InChI is InChI=1S/C16H19N3O/c1-11-9-10-17-16(18-11)13(3)19-12(2)14-7-5-6-8-15(14)20-4/h5-10,12H,1-4H3. The summed E-state index contributed by atoms with van der Waals surface area (Å²) in [6.07, 6.45) is 1.75. The first kappa shape index (κ1) is 14.2. The largest absolute Gasteiger partial charge is 0.496 e. The van der Waals surface area contributed by atoms with E-state index in [1.807, 2.05) is 51.1 Å². The van der Waals surface area contributed by atoms with Crippen LogP contribution in [0.2, 0.25) is 0 Å². The van der Waals surface area contributed by atoms with Crippen LogP contribution in [0.5, 0.6) is 5.75 Å². The Morgan fingerprint density at radius 3 is 2.70 bits per heavy atom. The van der Waals surface area contributed by atoms with Gasteiger partial charge >= 0.3 is 0 Å². The van der Waals surface area contributed by atoms with E-state index in [1.165, 1.54) is 0 Å². The molecule has 0 aliphatic carbocycles. The van der Waals surface area contributed by atoms with Crippen LogP contribution in [-0.2, 0) is 0 Å². The molecule has 1 atom stereocenters. The van der Waals surface area contributed by atoms with Crippen LogP contribution in [0.3, 0.4) is 0 Å². The fourth-order valence-electron chi connectivity index (χ4n) is 2.05. The Bertz CT molecular complexity index is 623. The molecular weight excluding hydrogens is 250 g/mol. The molecule has 20 heavy (non-hydrogen) atoms. The van der Waals surface area contributed by atoms with E-state index in [1.54, 1.807) is 13.3 Å². The molecule has 0 aliphatic rings. The summed E-state index contributed by atoms with van der Waals surface area (Å²) in [5, 5.41) is 0. The quantitative estimate of drug-likeness (QED) is 0.799. The maximum atomic E-state index is 5.37. The van der Waals surface area contributed by atoms with Gasteiger partial charge in [-0.25, -0.2) is 9.97 Å². The zero-order valence-corrected chi connectivity index (χ0v) is 12.3. The molecule has 1 aromatic heterocycles. The second-order valence-corrected chi connectivity index (χ2v) is 4.65. The molecule has 0 spiro atoms. The number of hydrogen-bond donors (Lipinski definition) is 0. The van der Waals surface area contributed by atoms with E-state index in [0.29, 0.717) is 5.82 Å². The molecule has 1 unspecified atom stereocenters. The third-order valence-electron chi connectivity index (χ3n) is 3.09. The Morgan fingerprint density at radius 1 is 1.25 bits per heavy atom. The van der Waals surface area contributed by atoms with Crippen LogP contribution in [0, 0.1) is 6.92 Å². The minimum absolute atomic E-state index is 0.00439. The summed E-state index contributed by atoms with van der Waals surface area (Å²) in [6, 6.07) is 9.78. The summed E-state index contributed by atoms with van der Waals surface area (Å²) < 4.78 is 5.37. The zero-order valence-electron chi connectivity index (χ0n) is 12.3. The van der Waals surface area contributed by atoms with Gasteiger partial charge in [0.15, 0.2) is 5.82 Å². The third kappa shape index (κ3) is 3.20. The van der Waals surface area contributed by atoms with Gasteiger partial charge < -0.3 is 4.74 Å². The van der Waals surface area contributed by atoms with Crippen molar-refractivity contribution >= 4 is 5.71 Å². The van der Waals surface area contributed by atoms with Crippen molar-refractivity contribution in [1.29, 1.82) is 0 Å². The molecule has 0 N–H and O–H groups in total. The molecule has 1 heterocycles. The van der Waals surface area contributed by atoms with Crippen molar-refractivity contribution in [3.05, 3.63) is 53.6 Å². The average Bonchev–Trinajstić information content (AvgIpc) is 2.47. The summed E-state index contributed by atoms with van der Waals surface area (Å²) in [6.45, 7) is 5.92. The van der Waals surface area contributed by atoms with E-state index in [2.05, 4.69) is 15.0 Å². The number of nitrogens with zero attached hydrogens (tertiary/aromatic N) is 3. The van der Waals surface area contributed by atoms with Gasteiger partial charge in [-0.1, -0.05) is 18.2 Å². The molecule has 0 bridgehead atoms. The van der Waals surface area contributed by atoms with Crippen molar-refractivity contribution in [1.82, 2.24) is 9.97 Å². The van der Waals surface area contributed by atoms with E-state index < -0.39 is 0 Å². The Balaban J connectivity index is 2.29. The highest BCUT2D eigenvalue weighted by Crippen LogP contribution is 2.27. The minimum atomic E-state index is -0.00439. The molecule has 0 amide bonds. The first-order chi connectivity index (χ1) is 9.61. The molecule has 4 nitrogen and oxygen atoms in total. The molecule has 0 radical (unpaired) electrons. The fraction of sp³-hybridized carbons (Fsp3) is 0.312. The van der Waals surface area contributed by atoms with Crippen LogP contribution in [0.1, 0.15) is 37.0 Å². The number of methoxy groups -OCH3 is 1. The monoisotopic (exact) mass is 269 g/mol. The number of ether oxygens (including phenoxy) is 1. The number of para-hydroxylation sites is 1. The van der Waals surface area contributed by atoms with E-state index >= 15 is 0 Å². The van der Waals surface area contributed by atoms with Crippen molar-refractivity contribution in [2.75, 3.05) is 7.11 Å². The Kier molecular flexibility index (Phi) is 4.45. The molecule has 104 valence electrons. The van der Waals surface area contributed by atoms with Crippen LogP contribution < -0.4 is 4.74 Å². The van der Waals surface area contributed by atoms with Gasteiger partial charge in [-0.05, 0) is 32.9 Å². The summed E-state index contributed by atoms with van der Waals surface area (Å²) in [7, 11) is 1.67. The summed E-state index contributed by atoms with van der Waals surface area (Å²) in [4.78, 5) is 13.3. The minimum Gasteiger partial charge on any atom is -0.496 e. The van der Waals surface area contributed by atoms with Crippen molar-refractivity contribution in [2.24, 2.45) is 4.99 Å². The predicted molar refractivity (Wildman–Crippen MR) is 80.4 cm³/mol. The SMILES string of the molecule is COc1ccccc1C(C)N=C(C)c1nccc(C)n1. The number of rotatable bonds is 4. The lowest BCUT2D eigenvalue weighted by molar-refractivity contribution is 0.407. The van der Waals surface area contributed by atoms with Gasteiger partial charge in [0.2, 0.25) is 0 Å². The molecular formula is C16H19N3O. The molecule has 2 aromatic rings. The van der Waals surface area contributed by atoms with Crippen molar-refractivity contribution < 1.29 is 4.74 Å². The Labute approximate surface area is 119 Å². The first-order valence-electron chi connectivity index (χ1n) is 6.59. The normalized spacial score (nSPS) is 13.1. The lowest BCUT2D eigenvalue weighted by atomic mass is 10.1. The van der Waals surface area contributed by atoms with E-state index in [9.17, 15) is 0 Å². The number of aliphatic imine (C=N–C) groups is 1. The van der Waals surface area contributed by atoms with Crippen LogP contribution in [0.15, 0.2) is 41.5 Å². The van der Waals surface area contributed by atoms with E-state index in [0.717, 1.165) is 22.7 Å². The Morgan fingerprint density at radius 2 is 2.00 bits per heavy atom. The highest BCUT2D eigenvalue weighted by molar-refractivity contribution is 5.95. The second-order valence-electron chi connectivity index (χ2n) is 4.65. The van der Waals surface area contributed by atoms with Gasteiger partial charge in [-0.3, -0.25) is 4.99 Å². The maximum absolute atomic E-state index is 5.37. The molecule has 0 fully saturated rings. The summed E-state index contributed by atoms with van der Waals surface area (Å²) in [5.41, 5.74) is 2.82. The van der Waals surface area contributed by atoms with Gasteiger partial charge in [0, 0.05) is 17.5 Å². The van der Waals surface area contributed by atoms with Gasteiger partial charge in [0.1, 0.15) is 5.75 Å². The molecule has 0 saturated carbocycles. The zero-order chi connectivity index (χ0) is 14.5. The van der Waals surface area contributed by atoms with Crippen LogP contribution >= 0.6 is 0 Å². The highest BCUT2D eigenvalue weighted by Gasteiger charge is 2.11. The van der Waals surface area contributed by atoms with Crippen molar-refractivity contribution in [2.45, 2.75) is 26.8 Å². The highest BCUT2D eigenvalue weighted by atomic mass is 16.5. The average molecular weight is 269 g/mol. The summed E-state index contributed by atoms with van der Waals surface area (Å²) >= 11 is 0. The summed E-state index contributed by atoms with van der Waals surface area (Å²) in [5.74, 6) is 1.52. The second kappa shape index (κ2) is 6.28. The van der Waals surface area contributed by atoms with Gasteiger partial charge in [0.25, 0.3) is 0 Å². The lowest BCUT2D eigenvalue weighted by Gasteiger charge is -2.12. The van der Waals surface area contributed by atoms with Crippen molar-refractivity contribution in [3.63, 3.8) is 0 Å². The number of benzene rings is 1. The number of aryl methyl sites for hydroxylation is 1. The van der Waals surface area contributed by atoms with Gasteiger partial charge in [-0.15, -0.1) is 0 Å². The molecule has 1 aromatic carbocycles. The predicted octanol–water partition coefficient (Wildman–Crippen LogP) is 3.36. The lowest BCUT2D eigenvalue weighted by Crippen LogP contribution is -2.05. The molecule has 2 rings (SSSR count). The molecule has 0 saturated heterocycles. The fourth-order valence-corrected chi connectivity index (χ4v) is 2.05. The van der Waals surface area contributed by atoms with Crippen LogP contribution in [0.4, 0.5) is 0 Å². The number of aromatic nitrogens is 2. The van der Waals surface area contributed by atoms with Gasteiger partial charge in [0.05, 0.1) is 18.9 Å². The maximum Gasteiger partial charge on any atom is 0.173 e. The van der Waals surface area contributed by atoms with Crippen LogP contribution in [0.25, 0.3) is 0 Å². The third-order valence-corrected chi connectivity index (χ3v) is 3.09.